The Hall–Kier alpha value is -3.53. The van der Waals surface area contributed by atoms with Crippen molar-refractivity contribution in [2.45, 2.75) is 24.5 Å². The number of carbonyl (C=O) groups is 2. The first-order valence-corrected chi connectivity index (χ1v) is 11.9. The van der Waals surface area contributed by atoms with Gasteiger partial charge in [-0.05, 0) is 49.2 Å². The number of anilines is 2. The van der Waals surface area contributed by atoms with Crippen LogP contribution in [0, 0.1) is 0 Å². The largest absolute Gasteiger partial charge is 0.493 e. The summed E-state index contributed by atoms with van der Waals surface area (Å²) in [6, 6.07) is 13.2. The first kappa shape index (κ1) is 23.6. The number of nitrogens with zero attached hydrogens (tertiary/aromatic N) is 3. The molecule has 2 saturated heterocycles. The van der Waals surface area contributed by atoms with E-state index in [1.807, 2.05) is 36.4 Å². The number of hydrogen-bond donors (Lipinski definition) is 2. The fraction of sp³-hybridized carbons (Fsp3) is 0.333. The number of benzene rings is 2. The Bertz CT molecular complexity index is 1100. The number of hydrogen-bond acceptors (Lipinski definition) is 8. The molecule has 0 spiro atoms. The van der Waals surface area contributed by atoms with Gasteiger partial charge in [-0.3, -0.25) is 9.59 Å². The highest BCUT2D eigenvalue weighted by Crippen LogP contribution is 2.29. The summed E-state index contributed by atoms with van der Waals surface area (Å²) < 4.78 is 10.6. The monoisotopic (exact) mass is 481 g/mol. The fourth-order valence-electron chi connectivity index (χ4n) is 3.86. The minimum absolute atomic E-state index is 0.0385. The zero-order valence-electron chi connectivity index (χ0n) is 19.1. The van der Waals surface area contributed by atoms with Crippen LogP contribution in [-0.2, 0) is 9.59 Å². The molecule has 2 aromatic rings. The highest BCUT2D eigenvalue weighted by atomic mass is 32.2. The van der Waals surface area contributed by atoms with Gasteiger partial charge in [0, 0.05) is 36.4 Å². The number of rotatable bonds is 8. The van der Waals surface area contributed by atoms with Gasteiger partial charge >= 0.3 is 0 Å². The van der Waals surface area contributed by atoms with Gasteiger partial charge in [0.05, 0.1) is 20.4 Å². The molecule has 2 fully saturated rings. The van der Waals surface area contributed by atoms with Crippen molar-refractivity contribution in [2.24, 2.45) is 10.2 Å². The zero-order valence-corrected chi connectivity index (χ0v) is 19.9. The number of carbonyl (C=O) groups excluding carboxylic acids is 2. The van der Waals surface area contributed by atoms with Gasteiger partial charge in [-0.1, -0.05) is 17.8 Å². The highest BCUT2D eigenvalue weighted by Gasteiger charge is 2.32. The van der Waals surface area contributed by atoms with Gasteiger partial charge in [0.25, 0.3) is 0 Å². The second-order valence-corrected chi connectivity index (χ2v) is 9.01. The van der Waals surface area contributed by atoms with Crippen LogP contribution >= 0.6 is 11.8 Å². The molecule has 1 atom stereocenters. The third-order valence-electron chi connectivity index (χ3n) is 5.55. The molecule has 2 aliphatic rings. The van der Waals surface area contributed by atoms with E-state index in [9.17, 15) is 9.59 Å². The normalized spacial score (nSPS) is 19.0. The van der Waals surface area contributed by atoms with Crippen molar-refractivity contribution in [2.75, 3.05) is 37.5 Å². The minimum atomic E-state index is -0.566. The molecule has 1 unspecified atom stereocenters. The molecular weight excluding hydrogens is 454 g/mol. The summed E-state index contributed by atoms with van der Waals surface area (Å²) in [5.41, 5.74) is 2.56. The van der Waals surface area contributed by atoms with Crippen molar-refractivity contribution in [3.63, 3.8) is 0 Å². The van der Waals surface area contributed by atoms with E-state index in [0.29, 0.717) is 27.9 Å². The number of para-hydroxylation sites is 1. The Kier molecular flexibility index (Phi) is 7.69. The van der Waals surface area contributed by atoms with E-state index in [1.165, 1.54) is 30.8 Å². The maximum Gasteiger partial charge on any atom is 0.240 e. The molecule has 0 bridgehead atoms. The Labute approximate surface area is 202 Å². The molecule has 2 N–H and O–H groups in total. The van der Waals surface area contributed by atoms with Crippen LogP contribution in [0.25, 0.3) is 0 Å². The van der Waals surface area contributed by atoms with E-state index >= 15 is 0 Å². The number of ether oxygens (including phenoxy) is 2. The van der Waals surface area contributed by atoms with E-state index in [1.54, 1.807) is 20.3 Å². The molecule has 2 aromatic carbocycles. The maximum atomic E-state index is 12.5. The molecule has 34 heavy (non-hydrogen) atoms. The topological polar surface area (TPSA) is 105 Å². The standard InChI is InChI=1S/C24H27N5O4S/c1-32-19-7-5-6-16(22(19)33-2)15-25-28-24-27-23(31)20(34-24)14-21(30)26-17-8-10-18(11-9-17)29-12-3-4-13-29/h5-11,15,20H,3-4,12-14H2,1-2H3,(H,26,30)(H,27,28,31)/b25-15+. The summed E-state index contributed by atoms with van der Waals surface area (Å²) in [6.45, 7) is 2.14. The lowest BCUT2D eigenvalue weighted by Gasteiger charge is -2.17. The molecule has 2 heterocycles. The summed E-state index contributed by atoms with van der Waals surface area (Å²) in [6.07, 6.45) is 3.99. The van der Waals surface area contributed by atoms with Crippen LogP contribution in [0.5, 0.6) is 11.5 Å². The van der Waals surface area contributed by atoms with Crippen molar-refractivity contribution in [1.29, 1.82) is 0 Å². The van der Waals surface area contributed by atoms with Gasteiger partial charge in [0.1, 0.15) is 5.25 Å². The molecule has 0 aromatic heterocycles. The van der Waals surface area contributed by atoms with Crippen LogP contribution < -0.4 is 25.0 Å². The Morgan fingerprint density at radius 3 is 2.65 bits per heavy atom. The van der Waals surface area contributed by atoms with Crippen LogP contribution in [0.4, 0.5) is 11.4 Å². The smallest absolute Gasteiger partial charge is 0.240 e. The number of amides is 2. The zero-order chi connectivity index (χ0) is 23.9. The summed E-state index contributed by atoms with van der Waals surface area (Å²) >= 11 is 1.18. The van der Waals surface area contributed by atoms with Gasteiger partial charge in [-0.15, -0.1) is 5.10 Å². The lowest BCUT2D eigenvalue weighted by molar-refractivity contribution is -0.122. The maximum absolute atomic E-state index is 12.5. The molecule has 2 amide bonds. The SMILES string of the molecule is COc1cccc(/C=N/N=C2\NC(=O)C(CC(=O)Nc3ccc(N4CCCC4)cc3)S2)c1OC. The fourth-order valence-corrected chi connectivity index (χ4v) is 4.78. The van der Waals surface area contributed by atoms with E-state index in [4.69, 9.17) is 9.47 Å². The van der Waals surface area contributed by atoms with Crippen molar-refractivity contribution < 1.29 is 19.1 Å². The van der Waals surface area contributed by atoms with E-state index in [-0.39, 0.29) is 18.2 Å². The van der Waals surface area contributed by atoms with Gasteiger partial charge in [0.2, 0.25) is 11.8 Å². The Morgan fingerprint density at radius 1 is 1.18 bits per heavy atom. The lowest BCUT2D eigenvalue weighted by Crippen LogP contribution is -2.28. The van der Waals surface area contributed by atoms with E-state index in [0.717, 1.165) is 18.8 Å². The van der Waals surface area contributed by atoms with Crippen LogP contribution in [0.1, 0.15) is 24.8 Å². The van der Waals surface area contributed by atoms with E-state index in [2.05, 4.69) is 25.7 Å². The molecule has 2 aliphatic heterocycles. The molecule has 10 heteroatoms. The molecule has 9 nitrogen and oxygen atoms in total. The summed E-state index contributed by atoms with van der Waals surface area (Å²) in [5.74, 6) is 0.629. The molecule has 0 aliphatic carbocycles. The van der Waals surface area contributed by atoms with Crippen molar-refractivity contribution in [3.8, 4) is 11.5 Å². The Balaban J connectivity index is 1.31. The quantitative estimate of drug-likeness (QED) is 0.443. The number of methoxy groups -OCH3 is 2. The van der Waals surface area contributed by atoms with Crippen LogP contribution in [0.2, 0.25) is 0 Å². The molecular formula is C24H27N5O4S. The summed E-state index contributed by atoms with van der Waals surface area (Å²) in [5, 5.41) is 13.4. The van der Waals surface area contributed by atoms with Gasteiger partial charge in [0.15, 0.2) is 16.7 Å². The average Bonchev–Trinajstić information content (AvgIpc) is 3.49. The van der Waals surface area contributed by atoms with Gasteiger partial charge < -0.3 is 25.0 Å². The molecule has 0 radical (unpaired) electrons. The number of amidine groups is 1. The lowest BCUT2D eigenvalue weighted by atomic mass is 10.2. The average molecular weight is 482 g/mol. The second-order valence-electron chi connectivity index (χ2n) is 7.82. The summed E-state index contributed by atoms with van der Waals surface area (Å²) in [7, 11) is 3.11. The van der Waals surface area contributed by atoms with Crippen molar-refractivity contribution in [1.82, 2.24) is 5.32 Å². The van der Waals surface area contributed by atoms with Gasteiger partial charge in [-0.25, -0.2) is 0 Å². The van der Waals surface area contributed by atoms with Crippen molar-refractivity contribution >= 4 is 46.3 Å². The van der Waals surface area contributed by atoms with Crippen molar-refractivity contribution in [3.05, 3.63) is 48.0 Å². The second kappa shape index (κ2) is 11.1. The molecule has 4 rings (SSSR count). The minimum Gasteiger partial charge on any atom is -0.493 e. The molecule has 0 saturated carbocycles. The predicted molar refractivity (Wildman–Crippen MR) is 135 cm³/mol. The number of thioether (sulfide) groups is 1. The Morgan fingerprint density at radius 2 is 1.94 bits per heavy atom. The number of nitrogens with one attached hydrogen (secondary N) is 2. The van der Waals surface area contributed by atoms with Gasteiger partial charge in [-0.2, -0.15) is 5.10 Å². The first-order chi connectivity index (χ1) is 16.6. The summed E-state index contributed by atoms with van der Waals surface area (Å²) in [4.78, 5) is 27.1. The first-order valence-electron chi connectivity index (χ1n) is 11.0. The molecule has 178 valence electrons. The van der Waals surface area contributed by atoms with E-state index < -0.39 is 5.25 Å². The van der Waals surface area contributed by atoms with Crippen LogP contribution in [0.3, 0.4) is 0 Å². The third kappa shape index (κ3) is 5.69. The predicted octanol–water partition coefficient (Wildman–Crippen LogP) is 3.25. The third-order valence-corrected chi connectivity index (χ3v) is 6.62. The highest BCUT2D eigenvalue weighted by molar-refractivity contribution is 8.15. The van der Waals surface area contributed by atoms with Crippen LogP contribution in [0.15, 0.2) is 52.7 Å². The van der Waals surface area contributed by atoms with Crippen LogP contribution in [-0.4, -0.2) is 55.8 Å².